The SMILES string of the molecule is Cl.Cl.Nc1nc2c(s1)CN(Cc1cc3n(n1)CCCNC3)CC2. The molecule has 0 aliphatic carbocycles. The lowest BCUT2D eigenvalue weighted by Gasteiger charge is -2.24. The van der Waals surface area contributed by atoms with Crippen LogP contribution >= 0.6 is 36.2 Å². The number of rotatable bonds is 2. The minimum absolute atomic E-state index is 0. The monoisotopic (exact) mass is 376 g/mol. The van der Waals surface area contributed by atoms with Gasteiger partial charge in [0, 0.05) is 44.0 Å². The van der Waals surface area contributed by atoms with Gasteiger partial charge in [-0.3, -0.25) is 9.58 Å². The molecule has 2 aromatic heterocycles. The van der Waals surface area contributed by atoms with E-state index in [1.807, 2.05) is 0 Å². The number of fused-ring (bicyclic) bond motifs is 2. The molecule has 4 heterocycles. The van der Waals surface area contributed by atoms with E-state index in [1.54, 1.807) is 11.3 Å². The van der Waals surface area contributed by atoms with Gasteiger partial charge in [-0.25, -0.2) is 4.98 Å². The molecule has 0 amide bonds. The molecule has 9 heteroatoms. The minimum Gasteiger partial charge on any atom is -0.375 e. The van der Waals surface area contributed by atoms with Gasteiger partial charge < -0.3 is 11.1 Å². The summed E-state index contributed by atoms with van der Waals surface area (Å²) < 4.78 is 2.16. The third-order valence-electron chi connectivity index (χ3n) is 4.16. The van der Waals surface area contributed by atoms with Gasteiger partial charge in [-0.05, 0) is 19.0 Å². The Kier molecular flexibility index (Phi) is 6.27. The van der Waals surface area contributed by atoms with Crippen LogP contribution in [0.3, 0.4) is 0 Å². The van der Waals surface area contributed by atoms with Crippen molar-refractivity contribution < 1.29 is 0 Å². The Labute approximate surface area is 152 Å². The summed E-state index contributed by atoms with van der Waals surface area (Å²) in [7, 11) is 0. The zero-order valence-corrected chi connectivity index (χ0v) is 15.3. The highest BCUT2D eigenvalue weighted by atomic mass is 35.5. The van der Waals surface area contributed by atoms with Crippen LogP contribution in [-0.2, 0) is 32.6 Å². The Morgan fingerprint density at radius 1 is 1.30 bits per heavy atom. The maximum absolute atomic E-state index is 5.80. The van der Waals surface area contributed by atoms with Crippen molar-refractivity contribution in [3.8, 4) is 0 Å². The van der Waals surface area contributed by atoms with Crippen molar-refractivity contribution in [1.29, 1.82) is 0 Å². The third kappa shape index (κ3) is 3.97. The van der Waals surface area contributed by atoms with Crippen molar-refractivity contribution in [1.82, 2.24) is 25.0 Å². The summed E-state index contributed by atoms with van der Waals surface area (Å²) in [6.45, 7) is 5.94. The first-order valence-electron chi connectivity index (χ1n) is 7.50. The summed E-state index contributed by atoms with van der Waals surface area (Å²) >= 11 is 1.62. The summed E-state index contributed by atoms with van der Waals surface area (Å²) in [6, 6.07) is 2.24. The zero-order valence-electron chi connectivity index (χ0n) is 12.8. The van der Waals surface area contributed by atoms with E-state index in [4.69, 9.17) is 10.8 Å². The molecule has 0 fully saturated rings. The van der Waals surface area contributed by atoms with Crippen LogP contribution in [0.4, 0.5) is 5.13 Å². The fourth-order valence-electron chi connectivity index (χ4n) is 3.13. The quantitative estimate of drug-likeness (QED) is 0.835. The molecule has 0 saturated carbocycles. The Bertz CT molecular complexity index is 632. The van der Waals surface area contributed by atoms with Crippen molar-refractivity contribution in [3.05, 3.63) is 28.0 Å². The topological polar surface area (TPSA) is 72.0 Å². The number of nitrogens with one attached hydrogen (secondary N) is 1. The number of nitrogens with zero attached hydrogens (tertiary/aromatic N) is 4. The third-order valence-corrected chi connectivity index (χ3v) is 5.07. The van der Waals surface area contributed by atoms with Gasteiger partial charge in [0.2, 0.25) is 0 Å². The van der Waals surface area contributed by atoms with E-state index < -0.39 is 0 Å². The number of nitrogens with two attached hydrogens (primary N) is 1. The molecule has 4 rings (SSSR count). The summed E-state index contributed by atoms with van der Waals surface area (Å²) in [4.78, 5) is 8.16. The highest BCUT2D eigenvalue weighted by Crippen LogP contribution is 2.27. The number of hydrogen-bond acceptors (Lipinski definition) is 6. The van der Waals surface area contributed by atoms with Crippen LogP contribution in [0.25, 0.3) is 0 Å². The van der Waals surface area contributed by atoms with E-state index in [0.29, 0.717) is 5.13 Å². The van der Waals surface area contributed by atoms with Crippen molar-refractivity contribution >= 4 is 41.3 Å². The van der Waals surface area contributed by atoms with Gasteiger partial charge in [0.05, 0.1) is 17.1 Å². The number of halogens is 2. The van der Waals surface area contributed by atoms with Crippen LogP contribution in [0.1, 0.15) is 28.4 Å². The predicted octanol–water partition coefficient (Wildman–Crippen LogP) is 1.82. The molecule has 0 spiro atoms. The molecule has 2 aliphatic rings. The van der Waals surface area contributed by atoms with E-state index in [0.717, 1.165) is 52.1 Å². The number of anilines is 1. The maximum atomic E-state index is 5.80. The minimum atomic E-state index is 0. The molecular formula is C14H22Cl2N6S. The normalized spacial score (nSPS) is 17.4. The van der Waals surface area contributed by atoms with E-state index in [9.17, 15) is 0 Å². The summed E-state index contributed by atoms with van der Waals surface area (Å²) in [5.74, 6) is 0. The summed E-state index contributed by atoms with van der Waals surface area (Å²) in [6.07, 6.45) is 2.15. The van der Waals surface area contributed by atoms with E-state index in [-0.39, 0.29) is 24.8 Å². The number of hydrogen-bond donors (Lipinski definition) is 2. The van der Waals surface area contributed by atoms with Crippen molar-refractivity contribution in [2.45, 2.75) is 39.0 Å². The largest absolute Gasteiger partial charge is 0.375 e. The van der Waals surface area contributed by atoms with Gasteiger partial charge in [0.1, 0.15) is 0 Å². The summed E-state index contributed by atoms with van der Waals surface area (Å²) in [5.41, 5.74) is 9.48. The van der Waals surface area contributed by atoms with Crippen LogP contribution in [0.5, 0.6) is 0 Å². The average Bonchev–Trinajstić information content (AvgIpc) is 2.94. The Hall–Kier alpha value is -0.860. The van der Waals surface area contributed by atoms with Gasteiger partial charge in [-0.2, -0.15) is 5.10 Å². The molecule has 0 unspecified atom stereocenters. The molecule has 0 atom stereocenters. The predicted molar refractivity (Wildman–Crippen MR) is 97.4 cm³/mol. The first-order valence-corrected chi connectivity index (χ1v) is 8.32. The molecule has 0 bridgehead atoms. The fourth-order valence-corrected chi connectivity index (χ4v) is 4.05. The zero-order chi connectivity index (χ0) is 14.2. The molecule has 23 heavy (non-hydrogen) atoms. The van der Waals surface area contributed by atoms with Crippen LogP contribution in [0.2, 0.25) is 0 Å². The Balaban J connectivity index is 0.000000960. The number of nitrogen functional groups attached to an aromatic ring is 1. The second-order valence-corrected chi connectivity index (χ2v) is 6.88. The smallest absolute Gasteiger partial charge is 0.180 e. The lowest BCUT2D eigenvalue weighted by atomic mass is 10.1. The van der Waals surface area contributed by atoms with E-state index in [2.05, 4.69) is 25.9 Å². The second kappa shape index (κ2) is 7.81. The van der Waals surface area contributed by atoms with Crippen LogP contribution < -0.4 is 11.1 Å². The highest BCUT2D eigenvalue weighted by molar-refractivity contribution is 7.15. The first-order chi connectivity index (χ1) is 10.3. The average molecular weight is 377 g/mol. The molecule has 0 saturated heterocycles. The van der Waals surface area contributed by atoms with Gasteiger partial charge in [-0.15, -0.1) is 36.2 Å². The first kappa shape index (κ1) is 18.5. The van der Waals surface area contributed by atoms with Crippen molar-refractivity contribution in [3.63, 3.8) is 0 Å². The van der Waals surface area contributed by atoms with Crippen molar-refractivity contribution in [2.75, 3.05) is 18.8 Å². The number of thiazole rings is 1. The number of aromatic nitrogens is 3. The van der Waals surface area contributed by atoms with Gasteiger partial charge in [0.25, 0.3) is 0 Å². The van der Waals surface area contributed by atoms with Gasteiger partial charge in [0.15, 0.2) is 5.13 Å². The van der Waals surface area contributed by atoms with Crippen LogP contribution in [0, 0.1) is 0 Å². The highest BCUT2D eigenvalue weighted by Gasteiger charge is 2.21. The maximum Gasteiger partial charge on any atom is 0.180 e. The molecule has 0 radical (unpaired) electrons. The van der Waals surface area contributed by atoms with Crippen LogP contribution in [0.15, 0.2) is 6.07 Å². The lowest BCUT2D eigenvalue weighted by molar-refractivity contribution is 0.243. The number of aryl methyl sites for hydroxylation is 1. The lowest BCUT2D eigenvalue weighted by Crippen LogP contribution is -2.29. The molecular weight excluding hydrogens is 355 g/mol. The molecule has 3 N–H and O–H groups in total. The molecule has 6 nitrogen and oxygen atoms in total. The summed E-state index contributed by atoms with van der Waals surface area (Å²) in [5, 5.41) is 8.90. The molecule has 128 valence electrons. The molecule has 0 aromatic carbocycles. The molecule has 2 aromatic rings. The van der Waals surface area contributed by atoms with Gasteiger partial charge in [-0.1, -0.05) is 0 Å². The Morgan fingerprint density at radius 2 is 2.17 bits per heavy atom. The van der Waals surface area contributed by atoms with E-state index >= 15 is 0 Å². The fraction of sp³-hybridized carbons (Fsp3) is 0.571. The van der Waals surface area contributed by atoms with Gasteiger partial charge >= 0.3 is 0 Å². The molecule has 2 aliphatic heterocycles. The Morgan fingerprint density at radius 3 is 3.04 bits per heavy atom. The van der Waals surface area contributed by atoms with E-state index in [1.165, 1.54) is 22.0 Å². The van der Waals surface area contributed by atoms with Crippen LogP contribution in [-0.4, -0.2) is 32.8 Å². The second-order valence-electron chi connectivity index (χ2n) is 5.76. The van der Waals surface area contributed by atoms with Crippen molar-refractivity contribution in [2.24, 2.45) is 0 Å². The standard InChI is InChI=1S/C14H20N6S.2ClH/c15-14-17-12-2-5-19(9-13(12)21-14)8-10-6-11-7-16-3-1-4-20(11)18-10;;/h6,16H,1-5,7-9H2,(H2,15,17);2*1H.